The molecule has 0 aliphatic rings. The summed E-state index contributed by atoms with van der Waals surface area (Å²) in [6.07, 6.45) is 1.79. The number of likely N-dealkylation sites (N-methyl/N-ethyl adjacent to an activating group) is 1. The highest BCUT2D eigenvalue weighted by atomic mass is 35.5. The van der Waals surface area contributed by atoms with Gasteiger partial charge in [-0.05, 0) is 30.8 Å². The molecule has 1 aromatic heterocycles. The van der Waals surface area contributed by atoms with Gasteiger partial charge in [-0.25, -0.2) is 0 Å². The Bertz CT molecular complexity index is 652. The van der Waals surface area contributed by atoms with Crippen molar-refractivity contribution < 1.29 is 14.2 Å². The summed E-state index contributed by atoms with van der Waals surface area (Å²) in [6.45, 7) is 1.17. The second kappa shape index (κ2) is 8.87. The molecule has 0 saturated heterocycles. The van der Waals surface area contributed by atoms with Crippen molar-refractivity contribution in [2.45, 2.75) is 12.6 Å². The molecule has 1 aromatic carbocycles. The van der Waals surface area contributed by atoms with Gasteiger partial charge in [0.2, 0.25) is 0 Å². The number of benzene rings is 1. The van der Waals surface area contributed by atoms with Gasteiger partial charge in [0.15, 0.2) is 11.5 Å². The molecule has 6 heteroatoms. The van der Waals surface area contributed by atoms with Crippen LogP contribution in [-0.2, 0) is 11.3 Å². The van der Waals surface area contributed by atoms with Gasteiger partial charge >= 0.3 is 0 Å². The molecule has 1 heterocycles. The van der Waals surface area contributed by atoms with Crippen LogP contribution in [0, 0.1) is 0 Å². The van der Waals surface area contributed by atoms with Crippen LogP contribution in [0.5, 0.6) is 11.5 Å². The van der Waals surface area contributed by atoms with E-state index in [-0.39, 0.29) is 6.04 Å². The lowest BCUT2D eigenvalue weighted by Gasteiger charge is -2.27. The first-order chi connectivity index (χ1) is 11.6. The highest BCUT2D eigenvalue weighted by Gasteiger charge is 2.20. The molecule has 1 atom stereocenters. The summed E-state index contributed by atoms with van der Waals surface area (Å²) in [6, 6.07) is 9.58. The van der Waals surface area contributed by atoms with Crippen molar-refractivity contribution in [3.63, 3.8) is 0 Å². The topological polar surface area (TPSA) is 43.8 Å². The molecule has 0 radical (unpaired) electrons. The Morgan fingerprint density at radius 1 is 1.12 bits per heavy atom. The lowest BCUT2D eigenvalue weighted by atomic mass is 10.1. The van der Waals surface area contributed by atoms with Crippen molar-refractivity contribution in [3.8, 4) is 11.5 Å². The summed E-state index contributed by atoms with van der Waals surface area (Å²) in [4.78, 5) is 6.60. The van der Waals surface area contributed by atoms with Crippen molar-refractivity contribution in [3.05, 3.63) is 52.8 Å². The number of nitrogens with zero attached hydrogens (tertiary/aromatic N) is 2. The average Bonchev–Trinajstić information content (AvgIpc) is 2.61. The molecule has 0 fully saturated rings. The third-order valence-corrected chi connectivity index (χ3v) is 4.21. The van der Waals surface area contributed by atoms with Crippen molar-refractivity contribution in [2.24, 2.45) is 0 Å². The summed E-state index contributed by atoms with van der Waals surface area (Å²) in [5.41, 5.74) is 1.91. The maximum Gasteiger partial charge on any atom is 0.162 e. The van der Waals surface area contributed by atoms with Crippen LogP contribution in [0.4, 0.5) is 0 Å². The van der Waals surface area contributed by atoms with E-state index in [0.717, 1.165) is 11.3 Å². The molecule has 0 N–H and O–H groups in total. The Hall–Kier alpha value is -1.82. The lowest BCUT2D eigenvalue weighted by Crippen LogP contribution is -2.28. The molecule has 0 aliphatic heterocycles. The van der Waals surface area contributed by atoms with Crippen molar-refractivity contribution in [2.75, 3.05) is 35.0 Å². The van der Waals surface area contributed by atoms with E-state index in [1.165, 1.54) is 0 Å². The fourth-order valence-corrected chi connectivity index (χ4v) is 2.78. The molecular formula is C18H23ClN2O3. The minimum Gasteiger partial charge on any atom is -0.493 e. The van der Waals surface area contributed by atoms with Gasteiger partial charge in [-0.1, -0.05) is 17.7 Å². The van der Waals surface area contributed by atoms with Crippen LogP contribution in [0.25, 0.3) is 0 Å². The van der Waals surface area contributed by atoms with Crippen LogP contribution in [0.3, 0.4) is 0 Å². The minimum absolute atomic E-state index is 0.0281. The summed E-state index contributed by atoms with van der Waals surface area (Å²) in [5, 5.41) is 0.636. The maximum absolute atomic E-state index is 6.40. The number of hydrogen-bond acceptors (Lipinski definition) is 5. The number of rotatable bonds is 8. The molecule has 0 bridgehead atoms. The molecule has 2 rings (SSSR count). The van der Waals surface area contributed by atoms with E-state index < -0.39 is 0 Å². The lowest BCUT2D eigenvalue weighted by molar-refractivity contribution is 0.0999. The van der Waals surface area contributed by atoms with Gasteiger partial charge in [0.05, 0.1) is 32.6 Å². The maximum atomic E-state index is 6.40. The Morgan fingerprint density at radius 3 is 2.42 bits per heavy atom. The highest BCUT2D eigenvalue weighted by Crippen LogP contribution is 2.34. The Labute approximate surface area is 148 Å². The van der Waals surface area contributed by atoms with Crippen molar-refractivity contribution >= 4 is 11.6 Å². The predicted molar refractivity (Wildman–Crippen MR) is 94.9 cm³/mol. The first-order valence-electron chi connectivity index (χ1n) is 7.61. The van der Waals surface area contributed by atoms with Gasteiger partial charge in [0, 0.05) is 30.9 Å². The van der Waals surface area contributed by atoms with E-state index >= 15 is 0 Å². The van der Waals surface area contributed by atoms with E-state index in [9.17, 15) is 0 Å². The van der Waals surface area contributed by atoms with E-state index in [1.807, 2.05) is 31.3 Å². The predicted octanol–water partition coefficient (Wildman–Crippen LogP) is 3.57. The molecule has 5 nitrogen and oxygen atoms in total. The zero-order chi connectivity index (χ0) is 17.5. The summed E-state index contributed by atoms with van der Waals surface area (Å²) < 4.78 is 16.0. The monoisotopic (exact) mass is 350 g/mol. The van der Waals surface area contributed by atoms with E-state index in [2.05, 4.69) is 9.88 Å². The van der Waals surface area contributed by atoms with Crippen LogP contribution >= 0.6 is 11.6 Å². The van der Waals surface area contributed by atoms with E-state index in [1.54, 1.807) is 33.6 Å². The molecule has 130 valence electrons. The molecule has 0 amide bonds. The zero-order valence-corrected chi connectivity index (χ0v) is 15.2. The fourth-order valence-electron chi connectivity index (χ4n) is 2.57. The van der Waals surface area contributed by atoms with Crippen LogP contribution < -0.4 is 9.47 Å². The zero-order valence-electron chi connectivity index (χ0n) is 14.5. The normalized spacial score (nSPS) is 12.2. The smallest absolute Gasteiger partial charge is 0.162 e. The SMILES string of the molecule is COCC(c1ccccn1)N(C)Cc1cc(OC)c(OC)cc1Cl. The first kappa shape index (κ1) is 18.5. The van der Waals surface area contributed by atoms with Crippen molar-refractivity contribution in [1.29, 1.82) is 0 Å². The van der Waals surface area contributed by atoms with Crippen LogP contribution in [0.2, 0.25) is 5.02 Å². The Balaban J connectivity index is 2.25. The number of halogens is 1. The molecule has 0 saturated carbocycles. The largest absolute Gasteiger partial charge is 0.493 e. The minimum atomic E-state index is 0.0281. The van der Waals surface area contributed by atoms with Gasteiger partial charge in [-0.3, -0.25) is 9.88 Å². The number of methoxy groups -OCH3 is 3. The number of hydrogen-bond donors (Lipinski definition) is 0. The molecular weight excluding hydrogens is 328 g/mol. The Kier molecular flexibility index (Phi) is 6.85. The average molecular weight is 351 g/mol. The summed E-state index contributed by atoms with van der Waals surface area (Å²) in [7, 11) is 6.91. The number of ether oxygens (including phenoxy) is 3. The third kappa shape index (κ3) is 4.38. The molecule has 2 aromatic rings. The molecule has 0 spiro atoms. The van der Waals surface area contributed by atoms with E-state index in [0.29, 0.717) is 29.7 Å². The number of pyridine rings is 1. The van der Waals surface area contributed by atoms with Gasteiger partial charge in [0.25, 0.3) is 0 Å². The van der Waals surface area contributed by atoms with E-state index in [4.69, 9.17) is 25.8 Å². The second-order valence-electron chi connectivity index (χ2n) is 5.44. The molecule has 0 aliphatic carbocycles. The van der Waals surface area contributed by atoms with Crippen LogP contribution in [0.15, 0.2) is 36.5 Å². The molecule has 24 heavy (non-hydrogen) atoms. The quantitative estimate of drug-likeness (QED) is 0.728. The second-order valence-corrected chi connectivity index (χ2v) is 5.85. The summed E-state index contributed by atoms with van der Waals surface area (Å²) >= 11 is 6.40. The first-order valence-corrected chi connectivity index (χ1v) is 7.99. The Morgan fingerprint density at radius 2 is 1.83 bits per heavy atom. The van der Waals surface area contributed by atoms with Gasteiger partial charge in [-0.15, -0.1) is 0 Å². The standard InChI is InChI=1S/C18H23ClN2O3/c1-21(16(12-22-2)15-7-5-6-8-20-15)11-13-9-17(23-3)18(24-4)10-14(13)19/h5-10,16H,11-12H2,1-4H3. The van der Waals surface area contributed by atoms with Gasteiger partial charge in [-0.2, -0.15) is 0 Å². The van der Waals surface area contributed by atoms with Gasteiger partial charge in [0.1, 0.15) is 0 Å². The molecule has 1 unspecified atom stereocenters. The summed E-state index contributed by atoms with van der Waals surface area (Å²) in [5.74, 6) is 1.28. The van der Waals surface area contributed by atoms with Crippen LogP contribution in [0.1, 0.15) is 17.3 Å². The third-order valence-electron chi connectivity index (χ3n) is 3.86. The highest BCUT2D eigenvalue weighted by molar-refractivity contribution is 6.31. The fraction of sp³-hybridized carbons (Fsp3) is 0.389. The van der Waals surface area contributed by atoms with Crippen molar-refractivity contribution in [1.82, 2.24) is 9.88 Å². The van der Waals surface area contributed by atoms with Crippen LogP contribution in [-0.4, -0.2) is 44.9 Å². The van der Waals surface area contributed by atoms with Gasteiger partial charge < -0.3 is 14.2 Å². The number of aromatic nitrogens is 1.